The first-order chi connectivity index (χ1) is 8.20. The Morgan fingerprint density at radius 2 is 2.12 bits per heavy atom. The molecule has 2 rings (SSSR count). The van der Waals surface area contributed by atoms with Gasteiger partial charge in [0.2, 0.25) is 0 Å². The standard InChI is InChI=1S/C14H19N3/c1-11(17-7-5-14(16)6-8-17)13-4-2-3-12(9-13)10-15/h2-4,9,11,14H,5-8,16H2,1H3. The maximum absolute atomic E-state index is 8.91. The first-order valence-electron chi connectivity index (χ1n) is 6.20. The molecule has 1 aliphatic heterocycles. The van der Waals surface area contributed by atoms with Crippen LogP contribution >= 0.6 is 0 Å². The highest BCUT2D eigenvalue weighted by Gasteiger charge is 2.21. The van der Waals surface area contributed by atoms with Crippen LogP contribution in [0, 0.1) is 11.3 Å². The number of benzene rings is 1. The van der Waals surface area contributed by atoms with Crippen molar-refractivity contribution < 1.29 is 0 Å². The van der Waals surface area contributed by atoms with Gasteiger partial charge in [0.25, 0.3) is 0 Å². The van der Waals surface area contributed by atoms with Crippen molar-refractivity contribution in [3.8, 4) is 6.07 Å². The molecule has 3 heteroatoms. The molecule has 0 bridgehead atoms. The lowest BCUT2D eigenvalue weighted by Gasteiger charge is -2.35. The maximum atomic E-state index is 8.91. The molecule has 90 valence electrons. The van der Waals surface area contributed by atoms with Gasteiger partial charge in [-0.25, -0.2) is 0 Å². The van der Waals surface area contributed by atoms with Crippen LogP contribution in [0.3, 0.4) is 0 Å². The van der Waals surface area contributed by atoms with E-state index >= 15 is 0 Å². The molecule has 1 aromatic rings. The summed E-state index contributed by atoms with van der Waals surface area (Å²) in [6.45, 7) is 4.31. The van der Waals surface area contributed by atoms with Gasteiger partial charge in [0.15, 0.2) is 0 Å². The molecule has 1 fully saturated rings. The summed E-state index contributed by atoms with van der Waals surface area (Å²) >= 11 is 0. The van der Waals surface area contributed by atoms with Crippen molar-refractivity contribution in [2.24, 2.45) is 5.73 Å². The molecule has 0 aliphatic carbocycles. The van der Waals surface area contributed by atoms with Crippen LogP contribution in [-0.2, 0) is 0 Å². The van der Waals surface area contributed by atoms with Crippen molar-refractivity contribution in [3.63, 3.8) is 0 Å². The third-order valence-corrected chi connectivity index (χ3v) is 3.62. The van der Waals surface area contributed by atoms with E-state index in [-0.39, 0.29) is 0 Å². The Bertz CT molecular complexity index is 414. The minimum absolute atomic E-state index is 0.365. The number of hydrogen-bond acceptors (Lipinski definition) is 3. The van der Waals surface area contributed by atoms with E-state index in [4.69, 9.17) is 11.0 Å². The quantitative estimate of drug-likeness (QED) is 0.844. The molecule has 0 saturated carbocycles. The van der Waals surface area contributed by atoms with Crippen LogP contribution in [0.1, 0.15) is 36.9 Å². The van der Waals surface area contributed by atoms with E-state index in [1.807, 2.05) is 18.2 Å². The van der Waals surface area contributed by atoms with Crippen molar-refractivity contribution in [2.75, 3.05) is 13.1 Å². The van der Waals surface area contributed by atoms with Crippen molar-refractivity contribution in [1.29, 1.82) is 5.26 Å². The average Bonchev–Trinajstić information content (AvgIpc) is 2.39. The van der Waals surface area contributed by atoms with Gasteiger partial charge in [-0.2, -0.15) is 5.26 Å². The normalized spacial score (nSPS) is 19.8. The first kappa shape index (κ1) is 12.1. The Labute approximate surface area is 103 Å². The Balaban J connectivity index is 2.08. The SMILES string of the molecule is CC(c1cccc(C#N)c1)N1CCC(N)CC1. The van der Waals surface area contributed by atoms with Gasteiger partial charge < -0.3 is 5.73 Å². The molecule has 3 nitrogen and oxygen atoms in total. The van der Waals surface area contributed by atoms with Crippen LogP contribution in [0.25, 0.3) is 0 Å². The zero-order chi connectivity index (χ0) is 12.3. The predicted molar refractivity (Wildman–Crippen MR) is 68.4 cm³/mol. The van der Waals surface area contributed by atoms with Crippen LogP contribution in [0.4, 0.5) is 0 Å². The first-order valence-corrected chi connectivity index (χ1v) is 6.20. The fourth-order valence-corrected chi connectivity index (χ4v) is 2.39. The molecule has 1 heterocycles. The highest BCUT2D eigenvalue weighted by molar-refractivity contribution is 5.34. The molecule has 1 aliphatic rings. The second-order valence-electron chi connectivity index (χ2n) is 4.79. The fourth-order valence-electron chi connectivity index (χ4n) is 2.39. The molecule has 0 spiro atoms. The van der Waals surface area contributed by atoms with Crippen LogP contribution in [0.5, 0.6) is 0 Å². The third-order valence-electron chi connectivity index (χ3n) is 3.62. The van der Waals surface area contributed by atoms with Gasteiger partial charge in [-0.05, 0) is 37.5 Å². The lowest BCUT2D eigenvalue weighted by molar-refractivity contribution is 0.163. The summed E-state index contributed by atoms with van der Waals surface area (Å²) in [5, 5.41) is 8.91. The molecule has 0 aromatic heterocycles. The summed E-state index contributed by atoms with van der Waals surface area (Å²) < 4.78 is 0. The Hall–Kier alpha value is -1.37. The van der Waals surface area contributed by atoms with Gasteiger partial charge in [0, 0.05) is 25.2 Å². The van der Waals surface area contributed by atoms with E-state index in [2.05, 4.69) is 24.0 Å². The molecule has 17 heavy (non-hydrogen) atoms. The minimum atomic E-state index is 0.365. The van der Waals surface area contributed by atoms with E-state index in [1.54, 1.807) is 0 Å². The van der Waals surface area contributed by atoms with Gasteiger partial charge >= 0.3 is 0 Å². The summed E-state index contributed by atoms with van der Waals surface area (Å²) in [5.41, 5.74) is 7.87. The number of nitrogens with two attached hydrogens (primary N) is 1. The van der Waals surface area contributed by atoms with Crippen molar-refractivity contribution >= 4 is 0 Å². The summed E-state index contributed by atoms with van der Waals surface area (Å²) in [7, 11) is 0. The van der Waals surface area contributed by atoms with Crippen molar-refractivity contribution in [2.45, 2.75) is 31.8 Å². The molecule has 1 unspecified atom stereocenters. The zero-order valence-corrected chi connectivity index (χ0v) is 10.3. The van der Waals surface area contributed by atoms with Gasteiger partial charge in [-0.1, -0.05) is 12.1 Å². The van der Waals surface area contributed by atoms with Crippen molar-refractivity contribution in [3.05, 3.63) is 35.4 Å². The Kier molecular flexibility index (Phi) is 3.78. The third kappa shape index (κ3) is 2.85. The zero-order valence-electron chi connectivity index (χ0n) is 10.3. The fraction of sp³-hybridized carbons (Fsp3) is 0.500. The van der Waals surface area contributed by atoms with Crippen LogP contribution in [0.15, 0.2) is 24.3 Å². The van der Waals surface area contributed by atoms with Gasteiger partial charge in [0.05, 0.1) is 11.6 Å². The minimum Gasteiger partial charge on any atom is -0.328 e. The molecular weight excluding hydrogens is 210 g/mol. The lowest BCUT2D eigenvalue weighted by atomic mass is 10.00. The maximum Gasteiger partial charge on any atom is 0.0991 e. The largest absolute Gasteiger partial charge is 0.328 e. The lowest BCUT2D eigenvalue weighted by Crippen LogP contribution is -2.40. The number of piperidine rings is 1. The second kappa shape index (κ2) is 5.31. The highest BCUT2D eigenvalue weighted by atomic mass is 15.2. The van der Waals surface area contributed by atoms with Gasteiger partial charge in [-0.15, -0.1) is 0 Å². The molecule has 1 saturated heterocycles. The summed E-state index contributed by atoms with van der Waals surface area (Å²) in [6.07, 6.45) is 2.14. The Morgan fingerprint density at radius 3 is 2.76 bits per heavy atom. The number of rotatable bonds is 2. The molecular formula is C14H19N3. The molecule has 1 aromatic carbocycles. The van der Waals surface area contributed by atoms with E-state index in [9.17, 15) is 0 Å². The van der Waals surface area contributed by atoms with E-state index in [0.29, 0.717) is 12.1 Å². The van der Waals surface area contributed by atoms with E-state index < -0.39 is 0 Å². The van der Waals surface area contributed by atoms with Gasteiger partial charge in [-0.3, -0.25) is 4.90 Å². The monoisotopic (exact) mass is 229 g/mol. The molecule has 1 atom stereocenters. The molecule has 0 radical (unpaired) electrons. The highest BCUT2D eigenvalue weighted by Crippen LogP contribution is 2.24. The summed E-state index contributed by atoms with van der Waals surface area (Å²) in [5.74, 6) is 0. The van der Waals surface area contributed by atoms with Crippen LogP contribution in [0.2, 0.25) is 0 Å². The van der Waals surface area contributed by atoms with Crippen molar-refractivity contribution in [1.82, 2.24) is 4.90 Å². The number of nitrogens with zero attached hydrogens (tertiary/aromatic N) is 2. The smallest absolute Gasteiger partial charge is 0.0991 e. The number of nitriles is 1. The molecule has 0 amide bonds. The molecule has 2 N–H and O–H groups in total. The average molecular weight is 229 g/mol. The second-order valence-corrected chi connectivity index (χ2v) is 4.79. The number of hydrogen-bond donors (Lipinski definition) is 1. The predicted octanol–water partition coefficient (Wildman–Crippen LogP) is 2.04. The van der Waals surface area contributed by atoms with E-state index in [1.165, 1.54) is 5.56 Å². The number of likely N-dealkylation sites (tertiary alicyclic amines) is 1. The van der Waals surface area contributed by atoms with Crippen LogP contribution < -0.4 is 5.73 Å². The Morgan fingerprint density at radius 1 is 1.41 bits per heavy atom. The van der Waals surface area contributed by atoms with E-state index in [0.717, 1.165) is 31.5 Å². The van der Waals surface area contributed by atoms with Crippen LogP contribution in [-0.4, -0.2) is 24.0 Å². The summed E-state index contributed by atoms with van der Waals surface area (Å²) in [6, 6.07) is 10.8. The summed E-state index contributed by atoms with van der Waals surface area (Å²) in [4.78, 5) is 2.44. The topological polar surface area (TPSA) is 53.0 Å². The van der Waals surface area contributed by atoms with Gasteiger partial charge in [0.1, 0.15) is 0 Å².